The molecule has 0 aromatic heterocycles. The van der Waals surface area contributed by atoms with Crippen molar-refractivity contribution in [1.82, 2.24) is 5.43 Å². The van der Waals surface area contributed by atoms with Crippen molar-refractivity contribution in [3.05, 3.63) is 35.4 Å². The van der Waals surface area contributed by atoms with E-state index in [9.17, 15) is 4.79 Å². The third kappa shape index (κ3) is 2.30. The van der Waals surface area contributed by atoms with Crippen LogP contribution in [0.5, 0.6) is 0 Å². The molecule has 78 valence electrons. The summed E-state index contributed by atoms with van der Waals surface area (Å²) in [5.74, 6) is 1.79. The molecular formula is C10H11N3OS. The van der Waals surface area contributed by atoms with E-state index in [4.69, 9.17) is 5.73 Å². The Labute approximate surface area is 91.9 Å². The maximum atomic E-state index is 10.6. The van der Waals surface area contributed by atoms with Crippen LogP contribution in [0.15, 0.2) is 29.4 Å². The van der Waals surface area contributed by atoms with Crippen LogP contribution in [0.1, 0.15) is 11.1 Å². The predicted octanol–water partition coefficient (Wildman–Crippen LogP) is 1.31. The number of hydrogen-bond acceptors (Lipinski definition) is 3. The Bertz CT molecular complexity index is 417. The summed E-state index contributed by atoms with van der Waals surface area (Å²) in [6, 6.07) is 7.42. The van der Waals surface area contributed by atoms with E-state index in [-0.39, 0.29) is 0 Å². The molecule has 0 fully saturated rings. The largest absolute Gasteiger partial charge is 0.350 e. The summed E-state index contributed by atoms with van der Waals surface area (Å²) < 4.78 is 0. The van der Waals surface area contributed by atoms with E-state index in [1.165, 1.54) is 5.56 Å². The summed E-state index contributed by atoms with van der Waals surface area (Å²) in [5, 5.41) is 4.00. The zero-order chi connectivity index (χ0) is 10.7. The number of rotatable bonds is 1. The monoisotopic (exact) mass is 221 g/mol. The molecule has 0 aliphatic carbocycles. The van der Waals surface area contributed by atoms with Gasteiger partial charge in [-0.3, -0.25) is 0 Å². The van der Waals surface area contributed by atoms with Gasteiger partial charge in [0, 0.05) is 17.1 Å². The Morgan fingerprint density at radius 3 is 3.00 bits per heavy atom. The molecule has 1 aliphatic heterocycles. The maximum absolute atomic E-state index is 10.6. The number of primary amides is 1. The van der Waals surface area contributed by atoms with E-state index in [2.05, 4.69) is 16.6 Å². The second kappa shape index (κ2) is 4.35. The van der Waals surface area contributed by atoms with Gasteiger partial charge >= 0.3 is 6.03 Å². The number of hydrogen-bond donors (Lipinski definition) is 2. The Kier molecular flexibility index (Phi) is 2.91. The Balaban J connectivity index is 2.29. The van der Waals surface area contributed by atoms with Crippen molar-refractivity contribution in [3.63, 3.8) is 0 Å². The lowest BCUT2D eigenvalue weighted by Crippen LogP contribution is -2.27. The lowest BCUT2D eigenvalue weighted by molar-refractivity contribution is 0.249. The first kappa shape index (κ1) is 10.0. The highest BCUT2D eigenvalue weighted by Gasteiger charge is 2.14. The Morgan fingerprint density at radius 2 is 2.20 bits per heavy atom. The van der Waals surface area contributed by atoms with E-state index in [1.54, 1.807) is 11.8 Å². The Hall–Kier alpha value is -1.49. The summed E-state index contributed by atoms with van der Waals surface area (Å²) in [6.07, 6.45) is 0. The van der Waals surface area contributed by atoms with Gasteiger partial charge in [0.25, 0.3) is 0 Å². The molecule has 0 spiro atoms. The lowest BCUT2D eigenvalue weighted by atomic mass is 10.1. The third-order valence-corrected chi connectivity index (χ3v) is 3.12. The predicted molar refractivity (Wildman–Crippen MR) is 61.9 cm³/mol. The highest BCUT2D eigenvalue weighted by molar-refractivity contribution is 7.99. The van der Waals surface area contributed by atoms with Crippen LogP contribution in [-0.2, 0) is 5.75 Å². The van der Waals surface area contributed by atoms with E-state index in [0.717, 1.165) is 22.8 Å². The zero-order valence-corrected chi connectivity index (χ0v) is 8.88. The van der Waals surface area contributed by atoms with Gasteiger partial charge in [-0.05, 0) is 5.56 Å². The molecule has 3 N–H and O–H groups in total. The number of carbonyl (C=O) groups excluding carboxylic acids is 1. The molecular weight excluding hydrogens is 210 g/mol. The highest BCUT2D eigenvalue weighted by Crippen LogP contribution is 2.24. The normalized spacial score (nSPS) is 17.2. The lowest BCUT2D eigenvalue weighted by Gasteiger charge is -2.16. The van der Waals surface area contributed by atoms with E-state index >= 15 is 0 Å². The number of nitrogens with zero attached hydrogens (tertiary/aromatic N) is 1. The number of carbonyl (C=O) groups is 1. The molecule has 0 bridgehead atoms. The second-order valence-electron chi connectivity index (χ2n) is 3.18. The van der Waals surface area contributed by atoms with Crippen LogP contribution >= 0.6 is 11.8 Å². The first-order valence-corrected chi connectivity index (χ1v) is 5.71. The van der Waals surface area contributed by atoms with Crippen molar-refractivity contribution in [2.24, 2.45) is 10.8 Å². The van der Waals surface area contributed by atoms with Gasteiger partial charge < -0.3 is 5.73 Å². The first-order chi connectivity index (χ1) is 7.27. The van der Waals surface area contributed by atoms with Crippen molar-refractivity contribution < 1.29 is 4.79 Å². The molecule has 0 radical (unpaired) electrons. The fraction of sp³-hybridized carbons (Fsp3) is 0.200. The molecule has 2 rings (SSSR count). The molecule has 4 nitrogen and oxygen atoms in total. The highest BCUT2D eigenvalue weighted by atomic mass is 32.2. The third-order valence-electron chi connectivity index (χ3n) is 2.13. The molecule has 1 aromatic carbocycles. The van der Waals surface area contributed by atoms with Crippen LogP contribution in [0.4, 0.5) is 4.79 Å². The average Bonchev–Trinajstić information content (AvgIpc) is 2.26. The number of hydrazone groups is 1. The number of amides is 2. The summed E-state index contributed by atoms with van der Waals surface area (Å²) in [6.45, 7) is 0. The van der Waals surface area contributed by atoms with E-state index in [0.29, 0.717) is 0 Å². The quantitative estimate of drug-likeness (QED) is 0.702. The first-order valence-electron chi connectivity index (χ1n) is 4.55. The van der Waals surface area contributed by atoms with Gasteiger partial charge in [-0.15, -0.1) is 0 Å². The second-order valence-corrected chi connectivity index (χ2v) is 4.17. The number of nitrogens with two attached hydrogens (primary N) is 1. The topological polar surface area (TPSA) is 67.5 Å². The molecule has 1 heterocycles. The fourth-order valence-corrected chi connectivity index (χ4v) is 2.47. The number of benzene rings is 1. The fourth-order valence-electron chi connectivity index (χ4n) is 1.48. The minimum Gasteiger partial charge on any atom is -0.350 e. The van der Waals surface area contributed by atoms with Gasteiger partial charge in [0.2, 0.25) is 0 Å². The number of urea groups is 1. The molecule has 15 heavy (non-hydrogen) atoms. The standard InChI is InChI=1S/C10H11N3OS/c11-10(14)13-12-9-6-15-5-7-3-1-2-4-8(7)9/h1-4H,5-6H2,(H3,11,13,14)/b12-9-. The van der Waals surface area contributed by atoms with Crippen molar-refractivity contribution >= 4 is 23.5 Å². The molecule has 0 saturated heterocycles. The summed E-state index contributed by atoms with van der Waals surface area (Å²) >= 11 is 1.77. The molecule has 2 amide bonds. The number of nitrogens with one attached hydrogen (secondary N) is 1. The molecule has 0 unspecified atom stereocenters. The average molecular weight is 221 g/mol. The van der Waals surface area contributed by atoms with Gasteiger partial charge in [0.1, 0.15) is 0 Å². The SMILES string of the molecule is NC(=O)N/N=C1/CSCc2ccccc21. The summed E-state index contributed by atoms with van der Waals surface area (Å²) in [7, 11) is 0. The van der Waals surface area contributed by atoms with Gasteiger partial charge in [0.15, 0.2) is 0 Å². The molecule has 0 saturated carbocycles. The molecule has 1 aromatic rings. The van der Waals surface area contributed by atoms with Crippen LogP contribution in [-0.4, -0.2) is 17.5 Å². The van der Waals surface area contributed by atoms with E-state index < -0.39 is 6.03 Å². The molecule has 5 heteroatoms. The summed E-state index contributed by atoms with van der Waals surface area (Å²) in [4.78, 5) is 10.6. The number of thioether (sulfide) groups is 1. The van der Waals surface area contributed by atoms with Gasteiger partial charge in [0.05, 0.1) is 5.71 Å². The smallest absolute Gasteiger partial charge is 0.332 e. The van der Waals surface area contributed by atoms with Crippen molar-refractivity contribution in [3.8, 4) is 0 Å². The molecule has 1 aliphatic rings. The van der Waals surface area contributed by atoms with Gasteiger partial charge in [-0.25, -0.2) is 10.2 Å². The molecule has 0 atom stereocenters. The van der Waals surface area contributed by atoms with Gasteiger partial charge in [-0.1, -0.05) is 24.3 Å². The van der Waals surface area contributed by atoms with Crippen LogP contribution in [0.2, 0.25) is 0 Å². The van der Waals surface area contributed by atoms with Crippen LogP contribution < -0.4 is 11.2 Å². The minimum atomic E-state index is -0.629. The van der Waals surface area contributed by atoms with Crippen LogP contribution in [0.3, 0.4) is 0 Å². The van der Waals surface area contributed by atoms with Crippen molar-refractivity contribution in [1.29, 1.82) is 0 Å². The number of fused-ring (bicyclic) bond motifs is 1. The zero-order valence-electron chi connectivity index (χ0n) is 8.06. The van der Waals surface area contributed by atoms with E-state index in [1.807, 2.05) is 18.2 Å². The summed E-state index contributed by atoms with van der Waals surface area (Å²) in [5.41, 5.74) is 10.5. The van der Waals surface area contributed by atoms with Crippen LogP contribution in [0.25, 0.3) is 0 Å². The Morgan fingerprint density at radius 1 is 1.40 bits per heavy atom. The van der Waals surface area contributed by atoms with Gasteiger partial charge in [-0.2, -0.15) is 16.9 Å². The van der Waals surface area contributed by atoms with Crippen LogP contribution in [0, 0.1) is 0 Å². The minimum absolute atomic E-state index is 0.629. The maximum Gasteiger partial charge on any atom is 0.332 e. The van der Waals surface area contributed by atoms with Crippen molar-refractivity contribution in [2.75, 3.05) is 5.75 Å². The van der Waals surface area contributed by atoms with Crippen molar-refractivity contribution in [2.45, 2.75) is 5.75 Å².